The molecule has 19 heavy (non-hydrogen) atoms. The van der Waals surface area contributed by atoms with Crippen LogP contribution in [-0.4, -0.2) is 37.1 Å². The second kappa shape index (κ2) is 6.19. The fourth-order valence-corrected chi connectivity index (χ4v) is 1.72. The molecule has 3 N–H and O–H groups in total. The van der Waals surface area contributed by atoms with Crippen LogP contribution in [0.1, 0.15) is 22.3 Å². The van der Waals surface area contributed by atoms with Crippen molar-refractivity contribution in [2.24, 2.45) is 5.73 Å². The van der Waals surface area contributed by atoms with E-state index in [4.69, 9.17) is 20.3 Å². The number of carboxylic acids is 1. The maximum atomic E-state index is 12.1. The quantitative estimate of drug-likeness (QED) is 0.746. The van der Waals surface area contributed by atoms with Crippen molar-refractivity contribution in [1.82, 2.24) is 0 Å². The zero-order valence-electron chi connectivity index (χ0n) is 11.1. The number of benzene rings is 1. The lowest BCUT2D eigenvalue weighted by molar-refractivity contribution is -0.137. The lowest BCUT2D eigenvalue weighted by Gasteiger charge is -2.14. The van der Waals surface area contributed by atoms with Crippen molar-refractivity contribution in [3.05, 3.63) is 23.3 Å². The molecular formula is C13H17NO5. The zero-order chi connectivity index (χ0) is 14.6. The van der Waals surface area contributed by atoms with Crippen molar-refractivity contribution in [2.45, 2.75) is 19.4 Å². The van der Waals surface area contributed by atoms with Crippen molar-refractivity contribution in [3.8, 4) is 11.5 Å². The van der Waals surface area contributed by atoms with Crippen molar-refractivity contribution < 1.29 is 24.2 Å². The van der Waals surface area contributed by atoms with E-state index in [1.54, 1.807) is 6.07 Å². The van der Waals surface area contributed by atoms with E-state index in [1.165, 1.54) is 20.3 Å². The average Bonchev–Trinajstić information content (AvgIpc) is 2.36. The largest absolute Gasteiger partial charge is 0.496 e. The van der Waals surface area contributed by atoms with Crippen LogP contribution >= 0.6 is 0 Å². The smallest absolute Gasteiger partial charge is 0.305 e. The van der Waals surface area contributed by atoms with Gasteiger partial charge in [-0.05, 0) is 24.6 Å². The molecule has 6 heteroatoms. The highest BCUT2D eigenvalue weighted by Gasteiger charge is 2.23. The number of carboxylic acid groups (broad SMARTS) is 1. The van der Waals surface area contributed by atoms with Crippen LogP contribution in [0, 0.1) is 6.92 Å². The zero-order valence-corrected chi connectivity index (χ0v) is 11.1. The fourth-order valence-electron chi connectivity index (χ4n) is 1.72. The van der Waals surface area contributed by atoms with E-state index in [0.29, 0.717) is 11.5 Å². The number of carbonyl (C=O) groups excluding carboxylic acids is 1. The van der Waals surface area contributed by atoms with Crippen LogP contribution in [-0.2, 0) is 4.79 Å². The lowest BCUT2D eigenvalue weighted by Crippen LogP contribution is -2.33. The third-order valence-electron chi connectivity index (χ3n) is 2.71. The van der Waals surface area contributed by atoms with Crippen molar-refractivity contribution >= 4 is 11.8 Å². The number of Topliss-reactive ketones (excluding diaryl/α,β-unsaturated/α-hetero) is 1. The molecular weight excluding hydrogens is 250 g/mol. The first-order valence-electron chi connectivity index (χ1n) is 5.65. The van der Waals surface area contributed by atoms with Crippen LogP contribution in [0.4, 0.5) is 0 Å². The minimum Gasteiger partial charge on any atom is -0.496 e. The van der Waals surface area contributed by atoms with Gasteiger partial charge >= 0.3 is 5.97 Å². The highest BCUT2D eigenvalue weighted by atomic mass is 16.5. The standard InChI is InChI=1S/C13H17NO5/c1-7-4-11(19-3)8(5-10(7)18-2)13(17)9(14)6-12(15)16/h4-5,9H,6,14H2,1-3H3,(H,15,16). The van der Waals surface area contributed by atoms with E-state index in [-0.39, 0.29) is 5.56 Å². The first-order chi connectivity index (χ1) is 8.90. The van der Waals surface area contributed by atoms with Crippen molar-refractivity contribution in [2.75, 3.05) is 14.2 Å². The molecule has 0 aromatic heterocycles. The number of aliphatic carboxylic acids is 1. The summed E-state index contributed by atoms with van der Waals surface area (Å²) in [5, 5.41) is 8.66. The first kappa shape index (κ1) is 15.0. The Hall–Kier alpha value is -2.08. The van der Waals surface area contributed by atoms with Gasteiger partial charge in [0, 0.05) is 0 Å². The van der Waals surface area contributed by atoms with E-state index >= 15 is 0 Å². The van der Waals surface area contributed by atoms with Crippen LogP contribution in [0.2, 0.25) is 0 Å². The monoisotopic (exact) mass is 267 g/mol. The molecule has 0 amide bonds. The Morgan fingerprint density at radius 2 is 1.84 bits per heavy atom. The molecule has 0 bridgehead atoms. The van der Waals surface area contributed by atoms with Gasteiger partial charge in [-0.15, -0.1) is 0 Å². The second-order valence-corrected chi connectivity index (χ2v) is 4.09. The van der Waals surface area contributed by atoms with Gasteiger partial charge in [-0.2, -0.15) is 0 Å². The third kappa shape index (κ3) is 3.45. The molecule has 0 aliphatic rings. The molecule has 0 radical (unpaired) electrons. The first-order valence-corrected chi connectivity index (χ1v) is 5.65. The topological polar surface area (TPSA) is 98.9 Å². The Bertz CT molecular complexity index is 498. The molecule has 104 valence electrons. The van der Waals surface area contributed by atoms with Crippen LogP contribution in [0.25, 0.3) is 0 Å². The highest BCUT2D eigenvalue weighted by molar-refractivity contribution is 6.04. The minimum absolute atomic E-state index is 0.221. The van der Waals surface area contributed by atoms with Gasteiger partial charge < -0.3 is 20.3 Å². The molecule has 1 rings (SSSR count). The Morgan fingerprint density at radius 1 is 1.26 bits per heavy atom. The molecule has 0 saturated carbocycles. The molecule has 0 aliphatic heterocycles. The fraction of sp³-hybridized carbons (Fsp3) is 0.385. The number of methoxy groups -OCH3 is 2. The van der Waals surface area contributed by atoms with Crippen molar-refractivity contribution in [3.63, 3.8) is 0 Å². The molecule has 1 aromatic rings. The number of rotatable bonds is 6. The minimum atomic E-state index is -1.13. The Balaban J connectivity index is 3.17. The van der Waals surface area contributed by atoms with Crippen LogP contribution in [0.3, 0.4) is 0 Å². The average molecular weight is 267 g/mol. The summed E-state index contributed by atoms with van der Waals surface area (Å²) in [5.74, 6) is -0.743. The number of ketones is 1. The van der Waals surface area contributed by atoms with Gasteiger partial charge in [0.15, 0.2) is 5.78 Å². The number of hydrogen-bond donors (Lipinski definition) is 2. The van der Waals surface area contributed by atoms with Crippen LogP contribution in [0.5, 0.6) is 11.5 Å². The lowest BCUT2D eigenvalue weighted by atomic mass is 9.99. The molecule has 0 heterocycles. The molecule has 0 spiro atoms. The summed E-state index contributed by atoms with van der Waals surface area (Å²) in [6, 6.07) is 2.05. The van der Waals surface area contributed by atoms with Crippen LogP contribution in [0.15, 0.2) is 12.1 Å². The molecule has 0 fully saturated rings. The van der Waals surface area contributed by atoms with Gasteiger partial charge in [0.1, 0.15) is 11.5 Å². The van der Waals surface area contributed by atoms with Gasteiger partial charge in [-0.3, -0.25) is 9.59 Å². The Labute approximate surface area is 111 Å². The van der Waals surface area contributed by atoms with Gasteiger partial charge in [-0.1, -0.05) is 0 Å². The van der Waals surface area contributed by atoms with Crippen molar-refractivity contribution in [1.29, 1.82) is 0 Å². The van der Waals surface area contributed by atoms with Gasteiger partial charge in [-0.25, -0.2) is 0 Å². The Morgan fingerprint density at radius 3 is 2.32 bits per heavy atom. The summed E-state index contributed by atoms with van der Waals surface area (Å²) in [7, 11) is 2.92. The maximum Gasteiger partial charge on any atom is 0.305 e. The summed E-state index contributed by atoms with van der Waals surface area (Å²) in [4.78, 5) is 22.7. The Kier molecular flexibility index (Phi) is 4.88. The molecule has 0 saturated heterocycles. The van der Waals surface area contributed by atoms with Gasteiger partial charge in [0.05, 0.1) is 32.2 Å². The summed E-state index contributed by atoms with van der Waals surface area (Å²) in [6.45, 7) is 1.81. The second-order valence-electron chi connectivity index (χ2n) is 4.09. The molecule has 1 atom stereocenters. The van der Waals surface area contributed by atoms with Gasteiger partial charge in [0.2, 0.25) is 0 Å². The molecule has 0 aliphatic carbocycles. The van der Waals surface area contributed by atoms with E-state index in [0.717, 1.165) is 5.56 Å². The summed E-state index contributed by atoms with van der Waals surface area (Å²) in [5.41, 5.74) is 6.61. The predicted octanol–water partition coefficient (Wildman–Crippen LogP) is 0.997. The van der Waals surface area contributed by atoms with E-state index in [2.05, 4.69) is 0 Å². The summed E-state index contributed by atoms with van der Waals surface area (Å²) >= 11 is 0. The number of ether oxygens (including phenoxy) is 2. The number of hydrogen-bond acceptors (Lipinski definition) is 5. The molecule has 6 nitrogen and oxygen atoms in total. The number of carbonyl (C=O) groups is 2. The third-order valence-corrected chi connectivity index (χ3v) is 2.71. The number of aryl methyl sites for hydroxylation is 1. The highest BCUT2D eigenvalue weighted by Crippen LogP contribution is 2.29. The number of nitrogens with two attached hydrogens (primary N) is 1. The maximum absolute atomic E-state index is 12.1. The van der Waals surface area contributed by atoms with E-state index < -0.39 is 24.2 Å². The summed E-state index contributed by atoms with van der Waals surface area (Å²) in [6.07, 6.45) is -0.432. The van der Waals surface area contributed by atoms with E-state index in [9.17, 15) is 9.59 Å². The molecule has 1 unspecified atom stereocenters. The van der Waals surface area contributed by atoms with Gasteiger partial charge in [0.25, 0.3) is 0 Å². The predicted molar refractivity (Wildman–Crippen MR) is 68.8 cm³/mol. The molecule has 1 aromatic carbocycles. The summed E-state index contributed by atoms with van der Waals surface area (Å²) < 4.78 is 10.3. The normalized spacial score (nSPS) is 11.8. The SMILES string of the molecule is COc1cc(C(=O)C(N)CC(=O)O)c(OC)cc1C. The van der Waals surface area contributed by atoms with Crippen LogP contribution < -0.4 is 15.2 Å². The van der Waals surface area contributed by atoms with E-state index in [1.807, 2.05) is 6.92 Å².